The highest BCUT2D eigenvalue weighted by Gasteiger charge is 2.24. The topological polar surface area (TPSA) is 17.8 Å². The molecule has 0 saturated carbocycles. The molecule has 0 radical (unpaired) electrons. The Balaban J connectivity index is 1.04. The Morgan fingerprint density at radius 3 is 1.16 bits per heavy atom. The van der Waals surface area contributed by atoms with Gasteiger partial charge >= 0.3 is 0 Å². The number of para-hydroxylation sites is 3. The summed E-state index contributed by atoms with van der Waals surface area (Å²) in [6, 6.07) is 102. The fourth-order valence-corrected chi connectivity index (χ4v) is 11.7. The first-order chi connectivity index (χ1) is 36.3. The molecule has 2 nitrogen and oxygen atoms in total. The lowest BCUT2D eigenvalue weighted by atomic mass is 9.80. The number of benzene rings is 13. The highest BCUT2D eigenvalue weighted by Crippen LogP contribution is 2.51. The predicted molar refractivity (Wildman–Crippen MR) is 309 cm³/mol. The molecule has 0 aliphatic rings. The van der Waals surface area contributed by atoms with Crippen molar-refractivity contribution in [1.29, 1.82) is 0 Å². The number of imidazole rings is 1. The Labute approximate surface area is 424 Å². The van der Waals surface area contributed by atoms with Gasteiger partial charge in [-0.1, -0.05) is 243 Å². The van der Waals surface area contributed by atoms with Crippen molar-refractivity contribution in [1.82, 2.24) is 9.55 Å². The zero-order chi connectivity index (χ0) is 48.2. The standard InChI is InChI=1S/C71H46N2/c1-4-23-47(24-5-1)53-31-10-12-33-55(53)69-61-39-18-19-40-62(61)70(56-34-13-11-32-54(56)48-25-6-2-7-26-48)64-46-50(43-44-63(64)69)68-59-37-16-14-35-57(59)67(58-36-15-17-38-60(58)68)49-27-22-28-51(45-49)71-72-65-41-20-21-42-66(65)73(71)52-29-8-3-9-30-52/h1-46H. The molecule has 14 rings (SSSR count). The van der Waals surface area contributed by atoms with Gasteiger partial charge in [-0.15, -0.1) is 0 Å². The van der Waals surface area contributed by atoms with Crippen LogP contribution in [0.15, 0.2) is 279 Å². The van der Waals surface area contributed by atoms with Crippen LogP contribution in [0.1, 0.15) is 0 Å². The van der Waals surface area contributed by atoms with E-state index in [-0.39, 0.29) is 0 Å². The third kappa shape index (κ3) is 7.07. The fraction of sp³-hybridized carbons (Fsp3) is 0. The van der Waals surface area contributed by atoms with Gasteiger partial charge < -0.3 is 0 Å². The third-order valence-electron chi connectivity index (χ3n) is 14.8. The molecule has 340 valence electrons. The van der Waals surface area contributed by atoms with Crippen LogP contribution >= 0.6 is 0 Å². The first-order valence-corrected chi connectivity index (χ1v) is 25.1. The molecule has 0 atom stereocenters. The molecule has 0 fully saturated rings. The number of fused-ring (bicyclic) bond motifs is 5. The summed E-state index contributed by atoms with van der Waals surface area (Å²) in [5.41, 5.74) is 18.7. The summed E-state index contributed by atoms with van der Waals surface area (Å²) in [6.45, 7) is 0. The number of hydrogen-bond acceptors (Lipinski definition) is 1. The second-order valence-corrected chi connectivity index (χ2v) is 18.9. The molecule has 13 aromatic carbocycles. The Morgan fingerprint density at radius 2 is 0.616 bits per heavy atom. The molecule has 0 bridgehead atoms. The van der Waals surface area contributed by atoms with Crippen LogP contribution in [0, 0.1) is 0 Å². The van der Waals surface area contributed by atoms with E-state index in [9.17, 15) is 0 Å². The van der Waals surface area contributed by atoms with Crippen molar-refractivity contribution in [3.63, 3.8) is 0 Å². The lowest BCUT2D eigenvalue weighted by Gasteiger charge is -2.22. The van der Waals surface area contributed by atoms with E-state index in [1.807, 2.05) is 0 Å². The molecule has 0 unspecified atom stereocenters. The van der Waals surface area contributed by atoms with E-state index in [0.29, 0.717) is 0 Å². The average Bonchev–Trinajstić information content (AvgIpc) is 3.86. The summed E-state index contributed by atoms with van der Waals surface area (Å²) >= 11 is 0. The molecular formula is C71H46N2. The highest BCUT2D eigenvalue weighted by molar-refractivity contribution is 6.26. The minimum absolute atomic E-state index is 0.915. The van der Waals surface area contributed by atoms with Crippen LogP contribution in [0.3, 0.4) is 0 Å². The molecule has 0 aliphatic heterocycles. The second-order valence-electron chi connectivity index (χ2n) is 18.9. The van der Waals surface area contributed by atoms with Crippen LogP contribution in [0.5, 0.6) is 0 Å². The van der Waals surface area contributed by atoms with Crippen molar-refractivity contribution < 1.29 is 0 Å². The molecule has 2 heteroatoms. The Morgan fingerprint density at radius 1 is 0.233 bits per heavy atom. The molecule has 0 saturated heterocycles. The summed E-state index contributed by atoms with van der Waals surface area (Å²) < 4.78 is 2.29. The van der Waals surface area contributed by atoms with Crippen LogP contribution < -0.4 is 0 Å². The first-order valence-electron chi connectivity index (χ1n) is 25.1. The first kappa shape index (κ1) is 42.3. The van der Waals surface area contributed by atoms with Gasteiger partial charge in [-0.25, -0.2) is 4.98 Å². The van der Waals surface area contributed by atoms with E-state index in [4.69, 9.17) is 4.98 Å². The van der Waals surface area contributed by atoms with Crippen LogP contribution in [-0.2, 0) is 0 Å². The number of nitrogens with zero attached hydrogens (tertiary/aromatic N) is 2. The summed E-state index contributed by atoms with van der Waals surface area (Å²) in [6.07, 6.45) is 0. The van der Waals surface area contributed by atoms with E-state index < -0.39 is 0 Å². The van der Waals surface area contributed by atoms with E-state index in [1.54, 1.807) is 0 Å². The maximum atomic E-state index is 5.28. The molecule has 14 aromatic rings. The highest BCUT2D eigenvalue weighted by atomic mass is 15.1. The monoisotopic (exact) mass is 926 g/mol. The van der Waals surface area contributed by atoms with Crippen LogP contribution in [0.25, 0.3) is 138 Å². The number of hydrogen-bond donors (Lipinski definition) is 0. The minimum atomic E-state index is 0.915. The largest absolute Gasteiger partial charge is 0.292 e. The van der Waals surface area contributed by atoms with Gasteiger partial charge in [0.05, 0.1) is 11.0 Å². The van der Waals surface area contributed by atoms with E-state index in [0.717, 1.165) is 33.7 Å². The van der Waals surface area contributed by atoms with Crippen molar-refractivity contribution in [3.8, 4) is 83.8 Å². The van der Waals surface area contributed by atoms with Crippen molar-refractivity contribution >= 4 is 54.1 Å². The maximum Gasteiger partial charge on any atom is 0.145 e. The lowest BCUT2D eigenvalue weighted by molar-refractivity contribution is 1.10. The van der Waals surface area contributed by atoms with Crippen molar-refractivity contribution in [2.24, 2.45) is 0 Å². The minimum Gasteiger partial charge on any atom is -0.292 e. The zero-order valence-electron chi connectivity index (χ0n) is 40.0. The van der Waals surface area contributed by atoms with Gasteiger partial charge in [-0.3, -0.25) is 4.57 Å². The molecule has 1 aromatic heterocycles. The van der Waals surface area contributed by atoms with Crippen molar-refractivity contribution in [2.45, 2.75) is 0 Å². The van der Waals surface area contributed by atoms with Gasteiger partial charge in [0.25, 0.3) is 0 Å². The smallest absolute Gasteiger partial charge is 0.145 e. The van der Waals surface area contributed by atoms with Gasteiger partial charge in [0.15, 0.2) is 0 Å². The van der Waals surface area contributed by atoms with Crippen LogP contribution in [-0.4, -0.2) is 9.55 Å². The average molecular weight is 927 g/mol. The Bertz CT molecular complexity index is 4360. The molecular weight excluding hydrogens is 881 g/mol. The fourth-order valence-electron chi connectivity index (χ4n) is 11.7. The van der Waals surface area contributed by atoms with Gasteiger partial charge in [-0.05, 0) is 146 Å². The summed E-state index contributed by atoms with van der Waals surface area (Å²) in [7, 11) is 0. The lowest BCUT2D eigenvalue weighted by Crippen LogP contribution is -1.97. The number of aromatic nitrogens is 2. The predicted octanol–water partition coefficient (Wildman–Crippen LogP) is 19.3. The second kappa shape index (κ2) is 17.6. The van der Waals surface area contributed by atoms with Gasteiger partial charge in [0, 0.05) is 11.3 Å². The van der Waals surface area contributed by atoms with Gasteiger partial charge in [0.1, 0.15) is 5.82 Å². The maximum absolute atomic E-state index is 5.28. The Kier molecular flexibility index (Phi) is 10.2. The molecule has 73 heavy (non-hydrogen) atoms. The van der Waals surface area contributed by atoms with Crippen molar-refractivity contribution in [2.75, 3.05) is 0 Å². The molecule has 0 aliphatic carbocycles. The summed E-state index contributed by atoms with van der Waals surface area (Å²) in [4.78, 5) is 5.28. The van der Waals surface area contributed by atoms with E-state index in [2.05, 4.69) is 284 Å². The van der Waals surface area contributed by atoms with Crippen LogP contribution in [0.2, 0.25) is 0 Å². The quantitative estimate of drug-likeness (QED) is 0.139. The number of rotatable bonds is 8. The molecule has 0 amide bonds. The normalized spacial score (nSPS) is 11.6. The van der Waals surface area contributed by atoms with Gasteiger partial charge in [0.2, 0.25) is 0 Å². The van der Waals surface area contributed by atoms with E-state index >= 15 is 0 Å². The summed E-state index contributed by atoms with van der Waals surface area (Å²) in [5, 5.41) is 9.70. The van der Waals surface area contributed by atoms with Crippen LogP contribution in [0.4, 0.5) is 0 Å². The zero-order valence-corrected chi connectivity index (χ0v) is 40.0. The Hall–Kier alpha value is -9.63. The van der Waals surface area contributed by atoms with Crippen molar-refractivity contribution in [3.05, 3.63) is 279 Å². The molecule has 1 heterocycles. The SMILES string of the molecule is c1ccc(-c2ccccc2-c2c3ccccc3c(-c3ccccc3-c3ccccc3)c3cc(-c4c5ccccc5c(-c5cccc(-c6nc7ccccc7n6-c6ccccc6)c5)c5ccccc45)ccc23)cc1. The molecule has 0 spiro atoms. The van der Waals surface area contributed by atoms with Gasteiger partial charge in [-0.2, -0.15) is 0 Å². The summed E-state index contributed by atoms with van der Waals surface area (Å²) in [5.74, 6) is 0.915. The molecule has 0 N–H and O–H groups in total. The third-order valence-corrected chi connectivity index (χ3v) is 14.8. The van der Waals surface area contributed by atoms with E-state index in [1.165, 1.54) is 104 Å².